The highest BCUT2D eigenvalue weighted by atomic mass is 35.5. The number of benzene rings is 4. The molecule has 316 valence electrons. The molecule has 63 heavy (non-hydrogen) atoms. The minimum atomic E-state index is -0.638. The quantitative estimate of drug-likeness (QED) is 0.118. The van der Waals surface area contributed by atoms with Gasteiger partial charge in [0.1, 0.15) is 56.7 Å². The Kier molecular flexibility index (Phi) is 12.1. The molecule has 0 amide bonds. The van der Waals surface area contributed by atoms with E-state index in [0.717, 1.165) is 0 Å². The lowest BCUT2D eigenvalue weighted by molar-refractivity contribution is 0.636. The highest BCUT2D eigenvalue weighted by Crippen LogP contribution is 2.25. The molecule has 0 saturated carbocycles. The Morgan fingerprint density at radius 1 is 0.619 bits per heavy atom. The minimum Gasteiger partial charge on any atom is -0.361 e. The second-order valence-electron chi connectivity index (χ2n) is 13.4. The van der Waals surface area contributed by atoms with Crippen LogP contribution in [0.3, 0.4) is 0 Å². The van der Waals surface area contributed by atoms with Gasteiger partial charge in [0.25, 0.3) is 11.1 Å². The van der Waals surface area contributed by atoms with E-state index >= 15 is 0 Å². The van der Waals surface area contributed by atoms with Gasteiger partial charge < -0.3 is 21.0 Å². The van der Waals surface area contributed by atoms with Crippen LogP contribution in [-0.2, 0) is 13.1 Å². The first kappa shape index (κ1) is 42.4. The number of rotatable bonds is 6. The lowest BCUT2D eigenvalue weighted by Crippen LogP contribution is -2.26. The van der Waals surface area contributed by atoms with Gasteiger partial charge in [0, 0.05) is 0 Å². The molecule has 0 fully saturated rings. The summed E-state index contributed by atoms with van der Waals surface area (Å²) < 4.78 is 31.0. The molecule has 0 aliphatic rings. The predicted molar refractivity (Wildman–Crippen MR) is 238 cm³/mol. The van der Waals surface area contributed by atoms with Crippen LogP contribution >= 0.6 is 34.8 Å². The summed E-state index contributed by atoms with van der Waals surface area (Å²) in [6, 6.07) is 22.3. The van der Waals surface area contributed by atoms with Crippen LogP contribution in [-0.4, -0.2) is 59.0 Å². The first-order chi connectivity index (χ1) is 30.4. The Morgan fingerprint density at radius 3 is 1.67 bits per heavy atom. The topological polar surface area (TPSA) is 217 Å². The summed E-state index contributed by atoms with van der Waals surface area (Å²) in [6.07, 6.45) is 3.07. The fourth-order valence-electron chi connectivity index (χ4n) is 6.62. The summed E-state index contributed by atoms with van der Waals surface area (Å²) >= 11 is 18.3. The van der Waals surface area contributed by atoms with Gasteiger partial charge in [0.15, 0.2) is 22.3 Å². The van der Waals surface area contributed by atoms with Crippen LogP contribution in [0.5, 0.6) is 0 Å². The van der Waals surface area contributed by atoms with Crippen molar-refractivity contribution >= 4 is 84.8 Å². The molecular formula is C42H31Cl3F2N14O2. The van der Waals surface area contributed by atoms with E-state index in [4.69, 9.17) is 40.5 Å². The molecule has 0 radical (unpaired) electrons. The van der Waals surface area contributed by atoms with E-state index in [-0.39, 0.29) is 34.9 Å². The Morgan fingerprint density at radius 2 is 1.11 bits per heavy atom. The lowest BCUT2D eigenvalue weighted by atomic mass is 10.2. The van der Waals surface area contributed by atoms with Crippen molar-refractivity contribution in [2.24, 2.45) is 5.73 Å². The van der Waals surface area contributed by atoms with Crippen LogP contribution in [0.25, 0.3) is 55.5 Å². The van der Waals surface area contributed by atoms with Gasteiger partial charge in [-0.05, 0) is 62.4 Å². The number of halogens is 5. The van der Waals surface area contributed by atoms with Gasteiger partial charge in [-0.3, -0.25) is 18.7 Å². The number of H-pyrrole nitrogens is 2. The molecule has 6 heterocycles. The molecule has 5 N–H and O–H groups in total. The number of fused-ring (bicyclic) bond motifs is 4. The molecule has 21 heteroatoms. The van der Waals surface area contributed by atoms with Crippen molar-refractivity contribution in [2.45, 2.75) is 26.9 Å². The second-order valence-corrected chi connectivity index (χ2v) is 14.6. The van der Waals surface area contributed by atoms with E-state index in [1.54, 1.807) is 80.8 Å². The van der Waals surface area contributed by atoms with Crippen LogP contribution in [0.1, 0.15) is 23.3 Å². The van der Waals surface area contributed by atoms with Crippen LogP contribution in [0.4, 0.5) is 14.6 Å². The average molecular weight is 908 g/mol. The fraction of sp³-hybridized carbons (Fsp3) is 0.0952. The number of aromatic amines is 2. The SMILES string of the molecule is Cc1nc(Cl)c2[nH]cnc2n1.Cc1nc(NCc2nc3cccc(F)c3c(=O)n2-c2ccccc2Cl)c2[nH]cnc2n1.NCc1nc2cccc(F)c2c(=O)n1-c1ccccc1Cl. The van der Waals surface area contributed by atoms with Crippen molar-refractivity contribution in [3.8, 4) is 11.4 Å². The summed E-state index contributed by atoms with van der Waals surface area (Å²) in [5.74, 6) is 1.11. The number of hydrogen-bond acceptors (Lipinski definition) is 12. The number of nitrogens with two attached hydrogens (primary N) is 1. The van der Waals surface area contributed by atoms with E-state index < -0.39 is 22.8 Å². The zero-order valence-electron chi connectivity index (χ0n) is 32.9. The number of hydrogen-bond donors (Lipinski definition) is 4. The number of aryl methyl sites for hydroxylation is 2. The van der Waals surface area contributed by atoms with Gasteiger partial charge in [0.05, 0.1) is 58.2 Å². The fourth-order valence-corrected chi connectivity index (χ4v) is 7.32. The lowest BCUT2D eigenvalue weighted by Gasteiger charge is -2.16. The third-order valence-corrected chi connectivity index (χ3v) is 10.3. The Bertz CT molecular complexity index is 3470. The molecule has 0 unspecified atom stereocenters. The molecule has 0 atom stereocenters. The molecule has 0 spiro atoms. The maximum atomic E-state index is 14.5. The third-order valence-electron chi connectivity index (χ3n) is 9.37. The maximum absolute atomic E-state index is 14.5. The number of imidazole rings is 2. The van der Waals surface area contributed by atoms with Crippen molar-refractivity contribution in [3.63, 3.8) is 0 Å². The van der Waals surface area contributed by atoms with Gasteiger partial charge in [-0.25, -0.2) is 48.7 Å². The standard InChI is InChI=1S/C21H15ClFN7O.C15H11ClFN3O.C6H5ClN4/c1-11-27-19(18-20(28-11)26-10-25-18)24-9-16-29-14-7-4-6-13(23)17(14)21(31)30(16)15-8-3-2-5-12(15)22;16-9-4-1-2-7-12(9)20-13(8-18)19-11-6-3-5-10(17)14(11)15(20)21;1-3-10-5(7)4-6(11-3)9-2-8-4/h2-8,10H,9H2,1H3,(H2,24,25,26,27,28);1-7H,8,18H2;2H,1H3,(H,8,9,10,11). The van der Waals surface area contributed by atoms with Crippen LogP contribution in [0, 0.1) is 25.5 Å². The molecule has 0 aliphatic carbocycles. The largest absolute Gasteiger partial charge is 0.361 e. The zero-order chi connectivity index (χ0) is 44.4. The normalized spacial score (nSPS) is 11.1. The van der Waals surface area contributed by atoms with E-state index in [1.807, 2.05) is 0 Å². The molecule has 6 aromatic heterocycles. The van der Waals surface area contributed by atoms with Gasteiger partial charge >= 0.3 is 0 Å². The van der Waals surface area contributed by atoms with Crippen LogP contribution in [0.15, 0.2) is 107 Å². The van der Waals surface area contributed by atoms with E-state index in [2.05, 4.69) is 55.2 Å². The summed E-state index contributed by atoms with van der Waals surface area (Å²) in [5, 5.41) is 4.15. The van der Waals surface area contributed by atoms with E-state index in [1.165, 1.54) is 39.7 Å². The predicted octanol–water partition coefficient (Wildman–Crippen LogP) is 7.72. The molecule has 0 bridgehead atoms. The minimum absolute atomic E-state index is 0.0346. The maximum Gasteiger partial charge on any atom is 0.269 e. The average Bonchev–Trinajstić information content (AvgIpc) is 3.94. The molecule has 0 saturated heterocycles. The van der Waals surface area contributed by atoms with Crippen molar-refractivity contribution in [2.75, 3.05) is 5.32 Å². The summed E-state index contributed by atoms with van der Waals surface area (Å²) in [6.45, 7) is 3.69. The van der Waals surface area contributed by atoms with Crippen LogP contribution in [0.2, 0.25) is 15.2 Å². The smallest absolute Gasteiger partial charge is 0.269 e. The third kappa shape index (κ3) is 8.52. The summed E-state index contributed by atoms with van der Waals surface area (Å²) in [4.78, 5) is 65.4. The van der Waals surface area contributed by atoms with Gasteiger partial charge in [-0.1, -0.05) is 71.2 Å². The van der Waals surface area contributed by atoms with E-state index in [0.29, 0.717) is 78.0 Å². The zero-order valence-corrected chi connectivity index (χ0v) is 35.2. The number of para-hydroxylation sites is 2. The van der Waals surface area contributed by atoms with E-state index in [9.17, 15) is 18.4 Å². The number of aromatic nitrogens is 12. The monoisotopic (exact) mass is 906 g/mol. The molecular weight excluding hydrogens is 877 g/mol. The van der Waals surface area contributed by atoms with Crippen LogP contribution < -0.4 is 22.2 Å². The van der Waals surface area contributed by atoms with Crippen molar-refractivity contribution in [1.82, 2.24) is 59.0 Å². The first-order valence-electron chi connectivity index (χ1n) is 18.8. The van der Waals surface area contributed by atoms with Crippen molar-refractivity contribution in [1.29, 1.82) is 0 Å². The summed E-state index contributed by atoms with van der Waals surface area (Å²) in [7, 11) is 0. The van der Waals surface area contributed by atoms with Crippen molar-refractivity contribution in [3.05, 3.63) is 168 Å². The molecule has 4 aromatic carbocycles. The molecule has 10 rings (SSSR count). The molecule has 16 nitrogen and oxygen atoms in total. The van der Waals surface area contributed by atoms with Gasteiger partial charge in [-0.2, -0.15) is 0 Å². The Labute approximate surface area is 368 Å². The van der Waals surface area contributed by atoms with Gasteiger partial charge in [-0.15, -0.1) is 0 Å². The second kappa shape index (κ2) is 18.0. The highest BCUT2D eigenvalue weighted by molar-refractivity contribution is 6.33. The number of nitrogens with one attached hydrogen (secondary N) is 3. The van der Waals surface area contributed by atoms with Crippen molar-refractivity contribution < 1.29 is 8.78 Å². The highest BCUT2D eigenvalue weighted by Gasteiger charge is 2.19. The molecule has 10 aromatic rings. The number of nitrogens with zero attached hydrogens (tertiary/aromatic N) is 10. The Hall–Kier alpha value is -7.25. The number of anilines is 1. The van der Waals surface area contributed by atoms with Gasteiger partial charge in [0.2, 0.25) is 0 Å². The first-order valence-corrected chi connectivity index (χ1v) is 19.9. The summed E-state index contributed by atoms with van der Waals surface area (Å²) in [5.41, 5.74) is 8.45. The molecule has 0 aliphatic heterocycles. The Balaban J connectivity index is 0.000000146.